The van der Waals surface area contributed by atoms with Crippen LogP contribution in [0.4, 0.5) is 0 Å². The highest BCUT2D eigenvalue weighted by molar-refractivity contribution is 7.82. The van der Waals surface area contributed by atoms with Crippen LogP contribution in [0.15, 0.2) is 60.7 Å². The number of nitrogens with one attached hydrogen (secondary N) is 2. The highest BCUT2D eigenvalue weighted by atomic mass is 32.1. The molecule has 2 aromatic rings. The molecule has 0 aromatic heterocycles. The third kappa shape index (κ3) is 5.66. The summed E-state index contributed by atoms with van der Waals surface area (Å²) >= 11 is 5.10. The number of rotatable bonds is 6. The standard InChI is InChI=1S/C18H20N2OS/c21-17(19-13-11-15-7-3-1-4-8-15)18(22)20-14-12-16-9-5-2-6-10-16/h1-10H,11-14H2,(H,19,21)(H,20,22). The van der Waals surface area contributed by atoms with Crippen LogP contribution in [0.2, 0.25) is 0 Å². The normalized spacial score (nSPS) is 10.0. The van der Waals surface area contributed by atoms with E-state index in [4.69, 9.17) is 12.2 Å². The number of amides is 1. The van der Waals surface area contributed by atoms with Gasteiger partial charge >= 0.3 is 0 Å². The molecule has 22 heavy (non-hydrogen) atoms. The molecule has 0 atom stereocenters. The molecule has 114 valence electrons. The van der Waals surface area contributed by atoms with Gasteiger partial charge < -0.3 is 10.6 Å². The summed E-state index contributed by atoms with van der Waals surface area (Å²) in [6.45, 7) is 1.25. The van der Waals surface area contributed by atoms with Gasteiger partial charge in [0.25, 0.3) is 5.91 Å². The molecule has 0 aliphatic heterocycles. The average Bonchev–Trinajstić information content (AvgIpc) is 2.56. The maximum atomic E-state index is 11.9. The van der Waals surface area contributed by atoms with E-state index in [1.54, 1.807) is 0 Å². The summed E-state index contributed by atoms with van der Waals surface area (Å²) in [6.07, 6.45) is 1.65. The first kappa shape index (κ1) is 16.2. The van der Waals surface area contributed by atoms with Crippen molar-refractivity contribution in [2.75, 3.05) is 13.1 Å². The quantitative estimate of drug-likeness (QED) is 0.805. The number of carbonyl (C=O) groups excluding carboxylic acids is 1. The minimum Gasteiger partial charge on any atom is -0.371 e. The molecule has 2 rings (SSSR count). The summed E-state index contributed by atoms with van der Waals surface area (Å²) in [7, 11) is 0. The zero-order valence-electron chi connectivity index (χ0n) is 12.4. The first-order valence-corrected chi connectivity index (χ1v) is 7.80. The second-order valence-corrected chi connectivity index (χ2v) is 5.39. The van der Waals surface area contributed by atoms with Crippen molar-refractivity contribution in [1.29, 1.82) is 0 Å². The lowest BCUT2D eigenvalue weighted by molar-refractivity contribution is -0.114. The molecular weight excluding hydrogens is 292 g/mol. The Morgan fingerprint density at radius 2 is 1.23 bits per heavy atom. The van der Waals surface area contributed by atoms with Crippen molar-refractivity contribution in [3.63, 3.8) is 0 Å². The van der Waals surface area contributed by atoms with Crippen molar-refractivity contribution in [3.05, 3.63) is 71.8 Å². The summed E-state index contributed by atoms with van der Waals surface area (Å²) in [5, 5.41) is 5.84. The van der Waals surface area contributed by atoms with Crippen molar-refractivity contribution >= 4 is 23.1 Å². The van der Waals surface area contributed by atoms with Crippen LogP contribution in [-0.4, -0.2) is 24.0 Å². The number of carbonyl (C=O) groups is 1. The largest absolute Gasteiger partial charge is 0.371 e. The zero-order valence-corrected chi connectivity index (χ0v) is 13.2. The van der Waals surface area contributed by atoms with Gasteiger partial charge in [-0.3, -0.25) is 4.79 Å². The van der Waals surface area contributed by atoms with Gasteiger partial charge in [0.2, 0.25) is 0 Å². The summed E-state index contributed by atoms with van der Waals surface area (Å²) < 4.78 is 0. The molecule has 0 aliphatic carbocycles. The molecular formula is C18H20N2OS. The van der Waals surface area contributed by atoms with Crippen molar-refractivity contribution < 1.29 is 4.79 Å². The van der Waals surface area contributed by atoms with E-state index in [1.807, 2.05) is 48.5 Å². The molecule has 0 radical (unpaired) electrons. The lowest BCUT2D eigenvalue weighted by Gasteiger charge is -2.09. The van der Waals surface area contributed by atoms with E-state index >= 15 is 0 Å². The van der Waals surface area contributed by atoms with E-state index in [-0.39, 0.29) is 10.9 Å². The average molecular weight is 312 g/mol. The van der Waals surface area contributed by atoms with Crippen LogP contribution in [0.3, 0.4) is 0 Å². The molecule has 0 fully saturated rings. The van der Waals surface area contributed by atoms with E-state index in [0.29, 0.717) is 13.1 Å². The molecule has 0 saturated heterocycles. The monoisotopic (exact) mass is 312 g/mol. The van der Waals surface area contributed by atoms with Gasteiger partial charge in [-0.1, -0.05) is 72.9 Å². The van der Waals surface area contributed by atoms with Crippen LogP contribution >= 0.6 is 12.2 Å². The fraction of sp³-hybridized carbons (Fsp3) is 0.222. The zero-order chi connectivity index (χ0) is 15.6. The molecule has 2 N–H and O–H groups in total. The van der Waals surface area contributed by atoms with Gasteiger partial charge in [0, 0.05) is 13.1 Å². The molecule has 4 heteroatoms. The fourth-order valence-corrected chi connectivity index (χ4v) is 2.26. The van der Waals surface area contributed by atoms with Gasteiger partial charge in [-0.25, -0.2) is 0 Å². The van der Waals surface area contributed by atoms with E-state index in [1.165, 1.54) is 11.1 Å². The van der Waals surface area contributed by atoms with E-state index in [2.05, 4.69) is 22.8 Å². The Balaban J connectivity index is 1.63. The Morgan fingerprint density at radius 3 is 1.73 bits per heavy atom. The van der Waals surface area contributed by atoms with Crippen LogP contribution in [0, 0.1) is 0 Å². The smallest absolute Gasteiger partial charge is 0.278 e. The van der Waals surface area contributed by atoms with E-state index in [9.17, 15) is 4.79 Å². The van der Waals surface area contributed by atoms with Gasteiger partial charge in [0.1, 0.15) is 0 Å². The van der Waals surface area contributed by atoms with Gasteiger partial charge in [-0.2, -0.15) is 0 Å². The molecule has 0 heterocycles. The maximum absolute atomic E-state index is 11.9. The Bertz CT molecular complexity index is 543. The number of hydrogen-bond acceptors (Lipinski definition) is 2. The van der Waals surface area contributed by atoms with Crippen molar-refractivity contribution in [2.45, 2.75) is 12.8 Å². The second-order valence-electron chi connectivity index (χ2n) is 4.98. The van der Waals surface area contributed by atoms with E-state index < -0.39 is 0 Å². The minimum atomic E-state index is -0.209. The third-order valence-electron chi connectivity index (χ3n) is 3.29. The number of hydrogen-bond donors (Lipinski definition) is 2. The van der Waals surface area contributed by atoms with Crippen LogP contribution in [0.1, 0.15) is 11.1 Å². The Kier molecular flexibility index (Phi) is 6.58. The van der Waals surface area contributed by atoms with Crippen LogP contribution < -0.4 is 10.6 Å². The predicted molar refractivity (Wildman–Crippen MR) is 93.9 cm³/mol. The lowest BCUT2D eigenvalue weighted by atomic mass is 10.1. The molecule has 3 nitrogen and oxygen atoms in total. The van der Waals surface area contributed by atoms with Crippen LogP contribution in [0.5, 0.6) is 0 Å². The Labute approximate surface area is 136 Å². The number of thiocarbonyl (C=S) groups is 1. The molecule has 0 aliphatic rings. The summed E-state index contributed by atoms with van der Waals surface area (Å²) in [5.41, 5.74) is 2.42. The van der Waals surface area contributed by atoms with Crippen molar-refractivity contribution in [3.8, 4) is 0 Å². The van der Waals surface area contributed by atoms with Gasteiger partial charge in [0.05, 0.1) is 0 Å². The highest BCUT2D eigenvalue weighted by Gasteiger charge is 2.07. The first-order valence-electron chi connectivity index (χ1n) is 7.39. The van der Waals surface area contributed by atoms with Crippen molar-refractivity contribution in [1.82, 2.24) is 10.6 Å². The van der Waals surface area contributed by atoms with Crippen molar-refractivity contribution in [2.24, 2.45) is 0 Å². The van der Waals surface area contributed by atoms with Crippen LogP contribution in [0.25, 0.3) is 0 Å². The minimum absolute atomic E-state index is 0.209. The molecule has 0 saturated carbocycles. The summed E-state index contributed by atoms with van der Waals surface area (Å²) in [4.78, 5) is 12.1. The molecule has 1 amide bonds. The van der Waals surface area contributed by atoms with Gasteiger partial charge in [-0.15, -0.1) is 0 Å². The summed E-state index contributed by atoms with van der Waals surface area (Å²) in [6, 6.07) is 20.2. The SMILES string of the molecule is O=C(NCCc1ccccc1)C(=S)NCCc1ccccc1. The van der Waals surface area contributed by atoms with Crippen LogP contribution in [-0.2, 0) is 17.6 Å². The van der Waals surface area contributed by atoms with E-state index in [0.717, 1.165) is 12.8 Å². The fourth-order valence-electron chi connectivity index (χ4n) is 2.09. The predicted octanol–water partition coefficient (Wildman–Crippen LogP) is 2.51. The molecule has 0 unspecified atom stereocenters. The van der Waals surface area contributed by atoms with Gasteiger partial charge in [0.15, 0.2) is 4.99 Å². The third-order valence-corrected chi connectivity index (χ3v) is 3.62. The first-order chi connectivity index (χ1) is 10.8. The maximum Gasteiger partial charge on any atom is 0.278 e. The second kappa shape index (κ2) is 8.95. The Hall–Kier alpha value is -2.20. The molecule has 0 bridgehead atoms. The highest BCUT2D eigenvalue weighted by Crippen LogP contribution is 1.99. The number of benzene rings is 2. The Morgan fingerprint density at radius 1 is 0.773 bits per heavy atom. The molecule has 2 aromatic carbocycles. The summed E-state index contributed by atoms with van der Waals surface area (Å²) in [5.74, 6) is -0.209. The van der Waals surface area contributed by atoms with Gasteiger partial charge in [-0.05, 0) is 24.0 Å². The molecule has 0 spiro atoms. The lowest BCUT2D eigenvalue weighted by Crippen LogP contribution is -2.40. The topological polar surface area (TPSA) is 41.1 Å².